The van der Waals surface area contributed by atoms with Gasteiger partial charge >= 0.3 is 0 Å². The van der Waals surface area contributed by atoms with Crippen LogP contribution < -0.4 is 0 Å². The molecule has 1 aromatic rings. The molecule has 4 heteroatoms. The summed E-state index contributed by atoms with van der Waals surface area (Å²) < 4.78 is 1.90. The molecule has 20 heavy (non-hydrogen) atoms. The van der Waals surface area contributed by atoms with Crippen LogP contribution in [0.25, 0.3) is 0 Å². The molecular weight excluding hydrogens is 252 g/mol. The van der Waals surface area contributed by atoms with Crippen LogP contribution in [0.15, 0.2) is 12.3 Å². The molecule has 0 fully saturated rings. The number of carbonyl (C=O) groups excluding carboxylic acids is 1. The third-order valence-electron chi connectivity index (χ3n) is 3.84. The second-order valence-corrected chi connectivity index (χ2v) is 7.76. The number of hydrogen-bond acceptors (Lipinski definition) is 2. The lowest BCUT2D eigenvalue weighted by molar-refractivity contribution is 0.0410. The lowest BCUT2D eigenvalue weighted by Gasteiger charge is -2.35. The molecule has 112 valence electrons. The highest BCUT2D eigenvalue weighted by atomic mass is 16.3. The molecular formula is C16H26N2O2. The van der Waals surface area contributed by atoms with Crippen LogP contribution in [0, 0.1) is 0 Å². The highest BCUT2D eigenvalue weighted by Gasteiger charge is 2.34. The fourth-order valence-electron chi connectivity index (χ4n) is 2.55. The van der Waals surface area contributed by atoms with Crippen molar-refractivity contribution in [3.63, 3.8) is 0 Å². The zero-order valence-corrected chi connectivity index (χ0v) is 13.4. The molecule has 1 amide bonds. The summed E-state index contributed by atoms with van der Waals surface area (Å²) >= 11 is 0. The lowest BCUT2D eigenvalue weighted by atomic mass is 9.89. The molecule has 1 atom stereocenters. The van der Waals surface area contributed by atoms with E-state index in [0.717, 1.165) is 5.56 Å². The first kappa shape index (κ1) is 15.1. The Bertz CT molecular complexity index is 518. The quantitative estimate of drug-likeness (QED) is 0.792. The molecule has 0 spiro atoms. The molecule has 0 aliphatic carbocycles. The van der Waals surface area contributed by atoms with Gasteiger partial charge in [-0.25, -0.2) is 0 Å². The van der Waals surface area contributed by atoms with Crippen molar-refractivity contribution in [3.05, 3.63) is 23.5 Å². The molecule has 0 bridgehead atoms. The Labute approximate surface area is 121 Å². The van der Waals surface area contributed by atoms with E-state index in [4.69, 9.17) is 0 Å². The second-order valence-electron chi connectivity index (χ2n) is 7.76. The van der Waals surface area contributed by atoms with E-state index in [1.54, 1.807) is 4.90 Å². The van der Waals surface area contributed by atoms with E-state index in [1.807, 2.05) is 37.6 Å². The zero-order valence-electron chi connectivity index (χ0n) is 13.4. The maximum Gasteiger partial charge on any atom is 0.271 e. The highest BCUT2D eigenvalue weighted by Crippen LogP contribution is 2.28. The van der Waals surface area contributed by atoms with E-state index in [2.05, 4.69) is 20.8 Å². The van der Waals surface area contributed by atoms with Crippen LogP contribution in [0.1, 0.15) is 57.6 Å². The standard InChI is InChI=1S/C16H26N2O2/c1-15(2,3)11-7-13-14(20)18(16(4,5)6)10-12(19)9-17(13)8-11/h7-8,12,19H,9-10H2,1-6H3. The van der Waals surface area contributed by atoms with Gasteiger partial charge in [0.25, 0.3) is 5.91 Å². The first-order valence-corrected chi connectivity index (χ1v) is 7.21. The normalized spacial score (nSPS) is 20.9. The fraction of sp³-hybridized carbons (Fsp3) is 0.688. The van der Waals surface area contributed by atoms with Crippen LogP contribution in [-0.2, 0) is 12.0 Å². The van der Waals surface area contributed by atoms with Gasteiger partial charge in [0, 0.05) is 18.3 Å². The summed E-state index contributed by atoms with van der Waals surface area (Å²) in [4.78, 5) is 14.5. The van der Waals surface area contributed by atoms with E-state index >= 15 is 0 Å². The monoisotopic (exact) mass is 278 g/mol. The lowest BCUT2D eigenvalue weighted by Crippen LogP contribution is -2.48. The summed E-state index contributed by atoms with van der Waals surface area (Å²) in [5.74, 6) is 0.00421. The third-order valence-corrected chi connectivity index (χ3v) is 3.84. The van der Waals surface area contributed by atoms with Gasteiger partial charge in [-0.3, -0.25) is 4.79 Å². The fourth-order valence-corrected chi connectivity index (χ4v) is 2.55. The van der Waals surface area contributed by atoms with Crippen molar-refractivity contribution < 1.29 is 9.90 Å². The Morgan fingerprint density at radius 3 is 2.25 bits per heavy atom. The molecule has 0 saturated carbocycles. The number of β-amino-alcohol motifs (C(OH)–C–C–N with tert-alkyl or cyclic N) is 1. The van der Waals surface area contributed by atoms with Crippen molar-refractivity contribution in [1.82, 2.24) is 9.47 Å². The Morgan fingerprint density at radius 2 is 1.75 bits per heavy atom. The van der Waals surface area contributed by atoms with Gasteiger partial charge in [-0.2, -0.15) is 0 Å². The Kier molecular flexibility index (Phi) is 3.49. The molecule has 4 nitrogen and oxygen atoms in total. The predicted molar refractivity (Wildman–Crippen MR) is 79.9 cm³/mol. The van der Waals surface area contributed by atoms with Crippen LogP contribution in [0.4, 0.5) is 0 Å². The molecule has 2 rings (SSSR count). The van der Waals surface area contributed by atoms with Crippen molar-refractivity contribution in [2.24, 2.45) is 0 Å². The maximum atomic E-state index is 12.8. The zero-order chi connectivity index (χ0) is 15.3. The number of hydrogen-bond donors (Lipinski definition) is 1. The Balaban J connectivity index is 2.48. The van der Waals surface area contributed by atoms with Crippen LogP contribution in [0.2, 0.25) is 0 Å². The number of rotatable bonds is 0. The van der Waals surface area contributed by atoms with Crippen LogP contribution >= 0.6 is 0 Å². The SMILES string of the molecule is CC(C)(C)c1cc2n(c1)CC(O)CN(C(C)(C)C)C2=O. The Morgan fingerprint density at radius 1 is 1.15 bits per heavy atom. The van der Waals surface area contributed by atoms with Gasteiger partial charge in [-0.1, -0.05) is 20.8 Å². The maximum absolute atomic E-state index is 12.8. The number of carbonyl (C=O) groups is 1. The minimum Gasteiger partial charge on any atom is -0.389 e. The highest BCUT2D eigenvalue weighted by molar-refractivity contribution is 5.94. The minimum absolute atomic E-state index is 0.00298. The van der Waals surface area contributed by atoms with E-state index in [1.165, 1.54) is 0 Å². The van der Waals surface area contributed by atoms with Crippen molar-refractivity contribution >= 4 is 5.91 Å². The predicted octanol–water partition coefficient (Wildman–Crippen LogP) is 2.40. The van der Waals surface area contributed by atoms with Gasteiger partial charge in [-0.15, -0.1) is 0 Å². The van der Waals surface area contributed by atoms with Crippen LogP contribution in [0.5, 0.6) is 0 Å². The number of fused-ring (bicyclic) bond motifs is 1. The molecule has 1 aromatic heterocycles. The first-order chi connectivity index (χ1) is 9.00. The van der Waals surface area contributed by atoms with Crippen LogP contribution in [-0.4, -0.2) is 38.7 Å². The number of aliphatic hydroxyl groups is 1. The molecule has 1 aliphatic rings. The molecule has 1 aliphatic heterocycles. The number of amides is 1. The Hall–Kier alpha value is -1.29. The summed E-state index contributed by atoms with van der Waals surface area (Å²) in [6.45, 7) is 13.3. The van der Waals surface area contributed by atoms with Gasteiger partial charge in [0.2, 0.25) is 0 Å². The summed E-state index contributed by atoms with van der Waals surface area (Å²) in [7, 11) is 0. The number of nitrogens with zero attached hydrogens (tertiary/aromatic N) is 2. The average Bonchev–Trinajstić information content (AvgIpc) is 2.62. The summed E-state index contributed by atoms with van der Waals surface area (Å²) in [5, 5.41) is 10.2. The summed E-state index contributed by atoms with van der Waals surface area (Å²) in [6.07, 6.45) is 1.47. The number of aliphatic hydroxyl groups excluding tert-OH is 1. The molecule has 1 N–H and O–H groups in total. The number of aromatic nitrogens is 1. The first-order valence-electron chi connectivity index (χ1n) is 7.21. The summed E-state index contributed by atoms with van der Waals surface area (Å²) in [5.41, 5.74) is 1.52. The van der Waals surface area contributed by atoms with E-state index < -0.39 is 6.10 Å². The molecule has 2 heterocycles. The smallest absolute Gasteiger partial charge is 0.271 e. The largest absolute Gasteiger partial charge is 0.389 e. The van der Waals surface area contributed by atoms with E-state index in [-0.39, 0.29) is 16.9 Å². The second kappa shape index (κ2) is 4.62. The van der Waals surface area contributed by atoms with E-state index in [0.29, 0.717) is 18.8 Å². The average molecular weight is 278 g/mol. The summed E-state index contributed by atoms with van der Waals surface area (Å²) in [6, 6.07) is 1.97. The topological polar surface area (TPSA) is 45.5 Å². The molecule has 0 aromatic carbocycles. The van der Waals surface area contributed by atoms with Crippen molar-refractivity contribution in [1.29, 1.82) is 0 Å². The molecule has 0 radical (unpaired) electrons. The van der Waals surface area contributed by atoms with Crippen molar-refractivity contribution in [2.45, 2.75) is 65.1 Å². The van der Waals surface area contributed by atoms with Crippen molar-refractivity contribution in [3.8, 4) is 0 Å². The third kappa shape index (κ3) is 2.75. The van der Waals surface area contributed by atoms with Gasteiger partial charge in [0.1, 0.15) is 5.69 Å². The van der Waals surface area contributed by atoms with Gasteiger partial charge in [0.15, 0.2) is 0 Å². The molecule has 0 saturated heterocycles. The van der Waals surface area contributed by atoms with Gasteiger partial charge < -0.3 is 14.6 Å². The van der Waals surface area contributed by atoms with Crippen LogP contribution in [0.3, 0.4) is 0 Å². The van der Waals surface area contributed by atoms with Crippen molar-refractivity contribution in [2.75, 3.05) is 6.54 Å². The minimum atomic E-state index is -0.528. The van der Waals surface area contributed by atoms with Gasteiger partial charge in [-0.05, 0) is 37.8 Å². The van der Waals surface area contributed by atoms with Gasteiger partial charge in [0.05, 0.1) is 12.6 Å². The van der Waals surface area contributed by atoms with E-state index in [9.17, 15) is 9.90 Å². The molecule has 1 unspecified atom stereocenters.